The van der Waals surface area contributed by atoms with E-state index in [-0.39, 0.29) is 11.2 Å². The Morgan fingerprint density at radius 2 is 1.63 bits per heavy atom. The van der Waals surface area contributed by atoms with Crippen molar-refractivity contribution in [2.45, 2.75) is 12.8 Å². The van der Waals surface area contributed by atoms with Crippen LogP contribution in [-0.4, -0.2) is 5.24 Å². The molecule has 2 aromatic carbocycles. The lowest BCUT2D eigenvalue weighted by Gasteiger charge is -2.07. The molecular formula is C17H15ClO. The SMILES string of the molecule is CC(C(=O)Cl)c1cccc(C=Cc2ccccc2)c1. The second-order valence-electron chi connectivity index (χ2n) is 4.44. The average molecular weight is 271 g/mol. The van der Waals surface area contributed by atoms with Crippen LogP contribution in [0.5, 0.6) is 0 Å². The van der Waals surface area contributed by atoms with Gasteiger partial charge in [0, 0.05) is 0 Å². The molecule has 0 amide bonds. The van der Waals surface area contributed by atoms with Crippen LogP contribution in [0.15, 0.2) is 54.6 Å². The van der Waals surface area contributed by atoms with Gasteiger partial charge in [-0.3, -0.25) is 4.79 Å². The molecule has 0 saturated carbocycles. The molecule has 1 unspecified atom stereocenters. The predicted molar refractivity (Wildman–Crippen MR) is 81.1 cm³/mol. The van der Waals surface area contributed by atoms with Gasteiger partial charge in [0.15, 0.2) is 0 Å². The van der Waals surface area contributed by atoms with Gasteiger partial charge in [-0.05, 0) is 28.3 Å². The number of hydrogen-bond acceptors (Lipinski definition) is 1. The van der Waals surface area contributed by atoms with Crippen LogP contribution in [-0.2, 0) is 4.79 Å². The maximum absolute atomic E-state index is 11.2. The van der Waals surface area contributed by atoms with E-state index in [1.807, 2.05) is 73.7 Å². The number of halogens is 1. The molecule has 0 saturated heterocycles. The fourth-order valence-electron chi connectivity index (χ4n) is 1.82. The molecule has 19 heavy (non-hydrogen) atoms. The second-order valence-corrected chi connectivity index (χ2v) is 4.81. The van der Waals surface area contributed by atoms with Gasteiger partial charge in [-0.2, -0.15) is 0 Å². The average Bonchev–Trinajstić information content (AvgIpc) is 2.45. The highest BCUT2D eigenvalue weighted by Crippen LogP contribution is 2.20. The molecule has 2 aromatic rings. The monoisotopic (exact) mass is 270 g/mol. The summed E-state index contributed by atoms with van der Waals surface area (Å²) in [5.74, 6) is -0.272. The Balaban J connectivity index is 2.20. The van der Waals surface area contributed by atoms with Crippen molar-refractivity contribution in [1.29, 1.82) is 0 Å². The summed E-state index contributed by atoms with van der Waals surface area (Å²) in [6.45, 7) is 1.81. The molecule has 0 bridgehead atoms. The minimum absolute atomic E-state index is 0.272. The van der Waals surface area contributed by atoms with Crippen molar-refractivity contribution >= 4 is 29.0 Å². The van der Waals surface area contributed by atoms with Gasteiger partial charge >= 0.3 is 0 Å². The highest BCUT2D eigenvalue weighted by atomic mass is 35.5. The van der Waals surface area contributed by atoms with Gasteiger partial charge in [0.25, 0.3) is 0 Å². The molecule has 1 nitrogen and oxygen atoms in total. The Morgan fingerprint density at radius 3 is 2.32 bits per heavy atom. The van der Waals surface area contributed by atoms with Crippen molar-refractivity contribution in [3.63, 3.8) is 0 Å². The van der Waals surface area contributed by atoms with Gasteiger partial charge in [-0.25, -0.2) is 0 Å². The smallest absolute Gasteiger partial charge is 0.228 e. The van der Waals surface area contributed by atoms with E-state index in [9.17, 15) is 4.79 Å². The first-order valence-corrected chi connectivity index (χ1v) is 6.57. The van der Waals surface area contributed by atoms with Crippen LogP contribution in [0.1, 0.15) is 29.5 Å². The molecule has 0 heterocycles. The van der Waals surface area contributed by atoms with E-state index in [1.54, 1.807) is 0 Å². The number of hydrogen-bond donors (Lipinski definition) is 0. The number of rotatable bonds is 4. The van der Waals surface area contributed by atoms with E-state index < -0.39 is 0 Å². The second kappa shape index (κ2) is 6.35. The van der Waals surface area contributed by atoms with E-state index >= 15 is 0 Å². The molecule has 0 aliphatic heterocycles. The minimum atomic E-state index is -0.329. The predicted octanol–water partition coefficient (Wildman–Crippen LogP) is 4.73. The molecule has 2 heteroatoms. The Hall–Kier alpha value is -1.86. The minimum Gasteiger partial charge on any atom is -0.281 e. The van der Waals surface area contributed by atoms with Gasteiger partial charge in [-0.15, -0.1) is 0 Å². The zero-order valence-electron chi connectivity index (χ0n) is 10.7. The fraction of sp³-hybridized carbons (Fsp3) is 0.118. The molecule has 0 aliphatic rings. The molecular weight excluding hydrogens is 256 g/mol. The van der Waals surface area contributed by atoms with Crippen molar-refractivity contribution in [2.75, 3.05) is 0 Å². The number of benzene rings is 2. The highest BCUT2D eigenvalue weighted by molar-refractivity contribution is 6.64. The maximum Gasteiger partial charge on any atom is 0.228 e. The first kappa shape index (κ1) is 13.6. The summed E-state index contributed by atoms with van der Waals surface area (Å²) in [6, 6.07) is 18.0. The van der Waals surface area contributed by atoms with E-state index in [1.165, 1.54) is 0 Å². The van der Waals surface area contributed by atoms with Crippen LogP contribution in [0.4, 0.5) is 0 Å². The van der Waals surface area contributed by atoms with Crippen LogP contribution in [0.3, 0.4) is 0 Å². The molecule has 0 spiro atoms. The summed E-state index contributed by atoms with van der Waals surface area (Å²) < 4.78 is 0. The molecule has 2 rings (SSSR count). The number of carbonyl (C=O) groups excluding carboxylic acids is 1. The Kier molecular flexibility index (Phi) is 4.53. The standard InChI is InChI=1S/C17H15ClO/c1-13(17(18)19)16-9-5-8-15(12-16)11-10-14-6-3-2-4-7-14/h2-13H,1H3. The van der Waals surface area contributed by atoms with Crippen LogP contribution in [0.2, 0.25) is 0 Å². The summed E-state index contributed by atoms with van der Waals surface area (Å²) in [4.78, 5) is 11.2. The third kappa shape index (κ3) is 3.80. The molecule has 0 N–H and O–H groups in total. The summed E-state index contributed by atoms with van der Waals surface area (Å²) in [7, 11) is 0. The van der Waals surface area contributed by atoms with Crippen LogP contribution in [0.25, 0.3) is 12.2 Å². The third-order valence-electron chi connectivity index (χ3n) is 3.02. The Labute approximate surface area is 118 Å². The van der Waals surface area contributed by atoms with E-state index in [0.717, 1.165) is 16.7 Å². The van der Waals surface area contributed by atoms with Crippen LogP contribution >= 0.6 is 11.6 Å². The van der Waals surface area contributed by atoms with E-state index in [0.29, 0.717) is 0 Å². The fourth-order valence-corrected chi connectivity index (χ4v) is 1.95. The summed E-state index contributed by atoms with van der Waals surface area (Å²) in [6.07, 6.45) is 4.08. The third-order valence-corrected chi connectivity index (χ3v) is 3.35. The lowest BCUT2D eigenvalue weighted by molar-refractivity contribution is -0.112. The van der Waals surface area contributed by atoms with E-state index in [2.05, 4.69) is 0 Å². The summed E-state index contributed by atoms with van der Waals surface area (Å²) >= 11 is 5.53. The van der Waals surface area contributed by atoms with Gasteiger partial charge < -0.3 is 0 Å². The molecule has 0 aromatic heterocycles. The molecule has 0 radical (unpaired) electrons. The van der Waals surface area contributed by atoms with Crippen molar-refractivity contribution in [3.8, 4) is 0 Å². The molecule has 1 atom stereocenters. The first-order valence-electron chi connectivity index (χ1n) is 6.19. The Bertz CT molecular complexity index is 587. The van der Waals surface area contributed by atoms with Crippen molar-refractivity contribution in [1.82, 2.24) is 0 Å². The highest BCUT2D eigenvalue weighted by Gasteiger charge is 2.12. The zero-order chi connectivity index (χ0) is 13.7. The molecule has 96 valence electrons. The quantitative estimate of drug-likeness (QED) is 0.580. The lowest BCUT2D eigenvalue weighted by atomic mass is 10.00. The molecule has 0 fully saturated rings. The summed E-state index contributed by atoms with van der Waals surface area (Å²) in [5, 5.41) is -0.329. The van der Waals surface area contributed by atoms with Gasteiger partial charge in [0.05, 0.1) is 5.92 Å². The van der Waals surface area contributed by atoms with Gasteiger partial charge in [0.2, 0.25) is 5.24 Å². The largest absolute Gasteiger partial charge is 0.281 e. The number of carbonyl (C=O) groups is 1. The maximum atomic E-state index is 11.2. The molecule has 0 aliphatic carbocycles. The lowest BCUT2D eigenvalue weighted by Crippen LogP contribution is -2.01. The van der Waals surface area contributed by atoms with Crippen molar-refractivity contribution < 1.29 is 4.79 Å². The topological polar surface area (TPSA) is 17.1 Å². The normalized spacial score (nSPS) is 12.5. The Morgan fingerprint density at radius 1 is 1.00 bits per heavy atom. The van der Waals surface area contributed by atoms with E-state index in [4.69, 9.17) is 11.6 Å². The van der Waals surface area contributed by atoms with Crippen LogP contribution < -0.4 is 0 Å². The first-order chi connectivity index (χ1) is 9.16. The van der Waals surface area contributed by atoms with Gasteiger partial charge in [-0.1, -0.05) is 73.7 Å². The summed E-state index contributed by atoms with van der Waals surface area (Å²) in [5.41, 5.74) is 3.15. The van der Waals surface area contributed by atoms with Gasteiger partial charge in [0.1, 0.15) is 0 Å². The van der Waals surface area contributed by atoms with Crippen LogP contribution in [0, 0.1) is 0 Å². The zero-order valence-corrected chi connectivity index (χ0v) is 11.5. The van der Waals surface area contributed by atoms with Crippen molar-refractivity contribution in [2.24, 2.45) is 0 Å². The van der Waals surface area contributed by atoms with Crippen molar-refractivity contribution in [3.05, 3.63) is 71.3 Å².